The van der Waals surface area contributed by atoms with Gasteiger partial charge >= 0.3 is 0 Å². The minimum Gasteiger partial charge on any atom is -0.365 e. The van der Waals surface area contributed by atoms with Gasteiger partial charge in [-0.2, -0.15) is 0 Å². The fraction of sp³-hybridized carbons (Fsp3) is 0.556. The lowest BCUT2D eigenvalue weighted by molar-refractivity contribution is 0.561. The summed E-state index contributed by atoms with van der Waals surface area (Å²) >= 11 is 5.60. The standard InChI is InChI=1S/C9H12ClN3O2S/c10-8-3-4-9(13-12-8)11-7-2-1-5-16(14,15)6-7/h3-4,7H,1-2,5-6H2,(H,11,13). The molecule has 0 radical (unpaired) electrons. The number of anilines is 1. The van der Waals surface area contributed by atoms with Crippen LogP contribution in [0.3, 0.4) is 0 Å². The Morgan fingerprint density at radius 2 is 2.19 bits per heavy atom. The molecule has 7 heteroatoms. The normalized spacial score (nSPS) is 23.9. The maximum atomic E-state index is 11.4. The molecule has 1 aromatic heterocycles. The van der Waals surface area contributed by atoms with Crippen molar-refractivity contribution in [2.24, 2.45) is 0 Å². The summed E-state index contributed by atoms with van der Waals surface area (Å²) in [5.74, 6) is 1.01. The average Bonchev–Trinajstić information content (AvgIpc) is 2.20. The van der Waals surface area contributed by atoms with Crippen LogP contribution in [0.4, 0.5) is 5.82 Å². The van der Waals surface area contributed by atoms with E-state index in [1.54, 1.807) is 12.1 Å². The lowest BCUT2D eigenvalue weighted by atomic mass is 10.2. The lowest BCUT2D eigenvalue weighted by Gasteiger charge is -2.23. The third-order valence-corrected chi connectivity index (χ3v) is 4.47. The minimum absolute atomic E-state index is 0.0748. The summed E-state index contributed by atoms with van der Waals surface area (Å²) in [6.45, 7) is 0. The molecule has 1 fully saturated rings. The molecule has 2 heterocycles. The highest BCUT2D eigenvalue weighted by molar-refractivity contribution is 7.91. The molecule has 0 saturated carbocycles. The summed E-state index contributed by atoms with van der Waals surface area (Å²) in [7, 11) is -2.90. The lowest BCUT2D eigenvalue weighted by Crippen LogP contribution is -2.35. The molecule has 16 heavy (non-hydrogen) atoms. The van der Waals surface area contributed by atoms with Crippen LogP contribution in [0.15, 0.2) is 12.1 Å². The maximum absolute atomic E-state index is 11.4. The van der Waals surface area contributed by atoms with Crippen molar-refractivity contribution in [2.45, 2.75) is 18.9 Å². The van der Waals surface area contributed by atoms with Gasteiger partial charge in [0.1, 0.15) is 5.82 Å². The van der Waals surface area contributed by atoms with E-state index in [0.29, 0.717) is 17.4 Å². The predicted octanol–water partition coefficient (Wildman–Crippen LogP) is 1.12. The van der Waals surface area contributed by atoms with Gasteiger partial charge in [0.05, 0.1) is 11.5 Å². The summed E-state index contributed by atoms with van der Waals surface area (Å²) < 4.78 is 22.8. The van der Waals surface area contributed by atoms with E-state index in [2.05, 4.69) is 15.5 Å². The largest absolute Gasteiger partial charge is 0.365 e. The molecular formula is C9H12ClN3O2S. The van der Waals surface area contributed by atoms with Gasteiger partial charge in [-0.15, -0.1) is 10.2 Å². The molecule has 88 valence electrons. The number of halogens is 1. The molecule has 1 atom stereocenters. The van der Waals surface area contributed by atoms with Crippen molar-refractivity contribution in [1.29, 1.82) is 0 Å². The molecule has 2 rings (SSSR count). The van der Waals surface area contributed by atoms with Crippen molar-refractivity contribution >= 4 is 27.3 Å². The zero-order valence-corrected chi connectivity index (χ0v) is 10.1. The van der Waals surface area contributed by atoms with Crippen LogP contribution in [-0.2, 0) is 9.84 Å². The predicted molar refractivity (Wildman–Crippen MR) is 62.3 cm³/mol. The first-order chi connectivity index (χ1) is 7.55. The second-order valence-electron chi connectivity index (χ2n) is 3.84. The highest BCUT2D eigenvalue weighted by Crippen LogP contribution is 2.16. The van der Waals surface area contributed by atoms with E-state index in [-0.39, 0.29) is 17.5 Å². The van der Waals surface area contributed by atoms with E-state index in [0.717, 1.165) is 6.42 Å². The minimum atomic E-state index is -2.90. The fourth-order valence-electron chi connectivity index (χ4n) is 1.74. The molecule has 0 amide bonds. The monoisotopic (exact) mass is 261 g/mol. The van der Waals surface area contributed by atoms with Gasteiger partial charge in [-0.3, -0.25) is 0 Å². The van der Waals surface area contributed by atoms with E-state index in [4.69, 9.17) is 11.6 Å². The zero-order chi connectivity index (χ0) is 11.6. The van der Waals surface area contributed by atoms with E-state index < -0.39 is 9.84 Å². The van der Waals surface area contributed by atoms with Gasteiger partial charge in [-0.1, -0.05) is 11.6 Å². The van der Waals surface area contributed by atoms with E-state index in [1.807, 2.05) is 0 Å². The molecule has 0 aromatic carbocycles. The highest BCUT2D eigenvalue weighted by atomic mass is 35.5. The number of rotatable bonds is 2. The Morgan fingerprint density at radius 1 is 1.38 bits per heavy atom. The van der Waals surface area contributed by atoms with Gasteiger partial charge in [0.25, 0.3) is 0 Å². The number of hydrogen-bond donors (Lipinski definition) is 1. The van der Waals surface area contributed by atoms with Crippen molar-refractivity contribution < 1.29 is 8.42 Å². The quantitative estimate of drug-likeness (QED) is 0.864. The van der Waals surface area contributed by atoms with Gasteiger partial charge in [-0.25, -0.2) is 8.42 Å². The highest BCUT2D eigenvalue weighted by Gasteiger charge is 2.24. The van der Waals surface area contributed by atoms with Crippen molar-refractivity contribution in [1.82, 2.24) is 10.2 Å². The zero-order valence-electron chi connectivity index (χ0n) is 8.56. The Bertz CT molecular complexity index is 460. The van der Waals surface area contributed by atoms with Gasteiger partial charge in [0.15, 0.2) is 15.0 Å². The van der Waals surface area contributed by atoms with Crippen LogP contribution in [0.2, 0.25) is 5.15 Å². The number of aromatic nitrogens is 2. The molecule has 1 aromatic rings. The molecule has 0 aliphatic carbocycles. The van der Waals surface area contributed by atoms with Crippen LogP contribution in [0.25, 0.3) is 0 Å². The number of hydrogen-bond acceptors (Lipinski definition) is 5. The topological polar surface area (TPSA) is 72.0 Å². The van der Waals surface area contributed by atoms with Gasteiger partial charge in [0, 0.05) is 6.04 Å². The molecule has 1 N–H and O–H groups in total. The second-order valence-corrected chi connectivity index (χ2v) is 6.46. The molecule has 1 aliphatic rings. The second kappa shape index (κ2) is 4.55. The Kier molecular flexibility index (Phi) is 3.30. The van der Waals surface area contributed by atoms with E-state index >= 15 is 0 Å². The first-order valence-electron chi connectivity index (χ1n) is 5.01. The Hall–Kier alpha value is -0.880. The Balaban J connectivity index is 2.02. The summed E-state index contributed by atoms with van der Waals surface area (Å²) in [6.07, 6.45) is 1.53. The summed E-state index contributed by atoms with van der Waals surface area (Å²) in [5.41, 5.74) is 0. The molecule has 1 saturated heterocycles. The van der Waals surface area contributed by atoms with Crippen molar-refractivity contribution in [3.63, 3.8) is 0 Å². The Labute approximate surface area is 99.1 Å². The molecule has 1 aliphatic heterocycles. The van der Waals surface area contributed by atoms with Crippen molar-refractivity contribution in [2.75, 3.05) is 16.8 Å². The van der Waals surface area contributed by atoms with Gasteiger partial charge in [0.2, 0.25) is 0 Å². The summed E-state index contributed by atoms with van der Waals surface area (Å²) in [5, 5.41) is 10.9. The van der Waals surface area contributed by atoms with Gasteiger partial charge in [-0.05, 0) is 25.0 Å². The third kappa shape index (κ3) is 3.05. The van der Waals surface area contributed by atoms with Crippen LogP contribution in [0, 0.1) is 0 Å². The van der Waals surface area contributed by atoms with Crippen molar-refractivity contribution in [3.05, 3.63) is 17.3 Å². The van der Waals surface area contributed by atoms with Crippen LogP contribution in [0.1, 0.15) is 12.8 Å². The van der Waals surface area contributed by atoms with Gasteiger partial charge < -0.3 is 5.32 Å². The smallest absolute Gasteiger partial charge is 0.152 e. The average molecular weight is 262 g/mol. The number of nitrogens with one attached hydrogen (secondary N) is 1. The summed E-state index contributed by atoms with van der Waals surface area (Å²) in [4.78, 5) is 0. The molecule has 1 unspecified atom stereocenters. The maximum Gasteiger partial charge on any atom is 0.152 e. The van der Waals surface area contributed by atoms with E-state index in [9.17, 15) is 8.42 Å². The number of nitrogens with zero attached hydrogens (tertiary/aromatic N) is 2. The number of sulfone groups is 1. The first kappa shape index (κ1) is 11.6. The summed E-state index contributed by atoms with van der Waals surface area (Å²) in [6, 6.07) is 3.24. The van der Waals surface area contributed by atoms with Crippen LogP contribution in [0.5, 0.6) is 0 Å². The van der Waals surface area contributed by atoms with Crippen molar-refractivity contribution in [3.8, 4) is 0 Å². The van der Waals surface area contributed by atoms with Crippen LogP contribution >= 0.6 is 11.6 Å². The molecule has 0 bridgehead atoms. The molecule has 5 nitrogen and oxygen atoms in total. The van der Waals surface area contributed by atoms with Crippen LogP contribution < -0.4 is 5.32 Å². The first-order valence-corrected chi connectivity index (χ1v) is 7.21. The third-order valence-electron chi connectivity index (χ3n) is 2.45. The van der Waals surface area contributed by atoms with E-state index in [1.165, 1.54) is 0 Å². The molecular weight excluding hydrogens is 250 g/mol. The molecule has 0 spiro atoms. The SMILES string of the molecule is O=S1(=O)CCCC(Nc2ccc(Cl)nn2)C1. The van der Waals surface area contributed by atoms with Crippen LogP contribution in [-0.4, -0.2) is 36.2 Å². The Morgan fingerprint density at radius 3 is 2.81 bits per heavy atom. The fourth-order valence-corrected chi connectivity index (χ4v) is 3.48.